The number of carbonyl (C=O) groups excluding carboxylic acids is 1. The van der Waals surface area contributed by atoms with Gasteiger partial charge in [-0.1, -0.05) is 15.9 Å². The molecule has 0 unspecified atom stereocenters. The fourth-order valence-electron chi connectivity index (χ4n) is 1.96. The van der Waals surface area contributed by atoms with Gasteiger partial charge in [-0.05, 0) is 37.1 Å². The predicted octanol–water partition coefficient (Wildman–Crippen LogP) is 1.98. The molecular formula is C14H14BrNO4. The number of aliphatic hydroxyl groups is 1. The zero-order valence-corrected chi connectivity index (χ0v) is 12.5. The first kappa shape index (κ1) is 14.7. The topological polar surface area (TPSA) is 79.5 Å². The quantitative estimate of drug-likeness (QED) is 0.659. The summed E-state index contributed by atoms with van der Waals surface area (Å²) in [6, 6.07) is 5.26. The highest BCUT2D eigenvalue weighted by Crippen LogP contribution is 2.23. The first-order chi connectivity index (χ1) is 9.54. The standard InChI is InChI=1S/C14H14BrNO4/c1-8-10-7-9(15)3-4-11(10)20-14(19)12(8)13(18)16-5-2-6-17/h3-4,7,17H,2,5-6H2,1H3,(H,16,18). The van der Waals surface area contributed by atoms with Crippen LogP contribution in [0.3, 0.4) is 0 Å². The smallest absolute Gasteiger partial charge is 0.349 e. The summed E-state index contributed by atoms with van der Waals surface area (Å²) in [5, 5.41) is 12.0. The third-order valence-corrected chi connectivity index (χ3v) is 3.47. The van der Waals surface area contributed by atoms with E-state index in [2.05, 4.69) is 21.2 Å². The van der Waals surface area contributed by atoms with Crippen LogP contribution in [0.4, 0.5) is 0 Å². The first-order valence-corrected chi connectivity index (χ1v) is 6.96. The van der Waals surface area contributed by atoms with E-state index in [0.29, 0.717) is 29.5 Å². The average Bonchev–Trinajstić information content (AvgIpc) is 2.40. The minimum atomic E-state index is -0.654. The van der Waals surface area contributed by atoms with E-state index in [1.165, 1.54) is 0 Å². The number of benzene rings is 1. The predicted molar refractivity (Wildman–Crippen MR) is 79.0 cm³/mol. The van der Waals surface area contributed by atoms with Gasteiger partial charge in [0.1, 0.15) is 11.1 Å². The lowest BCUT2D eigenvalue weighted by Gasteiger charge is -2.08. The molecule has 2 rings (SSSR count). The van der Waals surface area contributed by atoms with Crippen molar-refractivity contribution in [2.24, 2.45) is 0 Å². The second kappa shape index (κ2) is 6.19. The maximum Gasteiger partial charge on any atom is 0.349 e. The zero-order valence-electron chi connectivity index (χ0n) is 10.9. The maximum atomic E-state index is 12.0. The molecule has 0 spiro atoms. The van der Waals surface area contributed by atoms with E-state index < -0.39 is 11.5 Å². The van der Waals surface area contributed by atoms with Crippen molar-refractivity contribution in [1.82, 2.24) is 5.32 Å². The van der Waals surface area contributed by atoms with E-state index in [1.807, 2.05) is 0 Å². The fraction of sp³-hybridized carbons (Fsp3) is 0.286. The minimum Gasteiger partial charge on any atom is -0.422 e. The van der Waals surface area contributed by atoms with E-state index in [-0.39, 0.29) is 12.2 Å². The molecule has 1 aromatic carbocycles. The van der Waals surface area contributed by atoms with Gasteiger partial charge in [0.05, 0.1) is 0 Å². The molecule has 20 heavy (non-hydrogen) atoms. The van der Waals surface area contributed by atoms with E-state index in [9.17, 15) is 9.59 Å². The van der Waals surface area contributed by atoms with Crippen molar-refractivity contribution in [3.05, 3.63) is 44.2 Å². The molecule has 0 aliphatic rings. The van der Waals surface area contributed by atoms with Crippen LogP contribution in [0.5, 0.6) is 0 Å². The van der Waals surface area contributed by atoms with Gasteiger partial charge in [0, 0.05) is 23.0 Å². The normalized spacial score (nSPS) is 10.8. The van der Waals surface area contributed by atoms with E-state index in [0.717, 1.165) is 4.47 Å². The van der Waals surface area contributed by atoms with Crippen molar-refractivity contribution in [2.75, 3.05) is 13.2 Å². The Balaban J connectivity index is 2.48. The number of hydrogen-bond donors (Lipinski definition) is 2. The third kappa shape index (κ3) is 2.91. The summed E-state index contributed by atoms with van der Waals surface area (Å²) in [5.41, 5.74) is 0.383. The highest BCUT2D eigenvalue weighted by molar-refractivity contribution is 9.10. The summed E-state index contributed by atoms with van der Waals surface area (Å²) in [5.74, 6) is -0.480. The van der Waals surface area contributed by atoms with Gasteiger partial charge < -0.3 is 14.8 Å². The number of aliphatic hydroxyl groups excluding tert-OH is 1. The molecule has 106 valence electrons. The molecule has 0 aliphatic carbocycles. The lowest BCUT2D eigenvalue weighted by Crippen LogP contribution is -2.30. The second-order valence-electron chi connectivity index (χ2n) is 4.36. The molecule has 0 radical (unpaired) electrons. The summed E-state index contributed by atoms with van der Waals surface area (Å²) < 4.78 is 6.01. The molecule has 1 aromatic heterocycles. The van der Waals surface area contributed by atoms with Gasteiger partial charge in [-0.15, -0.1) is 0 Å². The van der Waals surface area contributed by atoms with Crippen LogP contribution in [0.1, 0.15) is 22.3 Å². The molecule has 2 aromatic rings. The lowest BCUT2D eigenvalue weighted by molar-refractivity contribution is 0.0947. The summed E-state index contributed by atoms with van der Waals surface area (Å²) in [6.45, 7) is 2.01. The molecule has 6 heteroatoms. The Morgan fingerprint density at radius 3 is 2.90 bits per heavy atom. The summed E-state index contributed by atoms with van der Waals surface area (Å²) >= 11 is 3.35. The number of fused-ring (bicyclic) bond motifs is 1. The van der Waals surface area contributed by atoms with Gasteiger partial charge in [-0.3, -0.25) is 4.79 Å². The number of halogens is 1. The summed E-state index contributed by atoms with van der Waals surface area (Å²) in [4.78, 5) is 23.9. The molecular weight excluding hydrogens is 326 g/mol. The Hall–Kier alpha value is -1.66. The van der Waals surface area contributed by atoms with Crippen LogP contribution in [-0.4, -0.2) is 24.2 Å². The number of aryl methyl sites for hydroxylation is 1. The SMILES string of the molecule is Cc1c(C(=O)NCCCO)c(=O)oc2ccc(Br)cc12. The van der Waals surface area contributed by atoms with Crippen molar-refractivity contribution in [2.45, 2.75) is 13.3 Å². The Labute approximate surface area is 123 Å². The Morgan fingerprint density at radius 1 is 1.45 bits per heavy atom. The fourth-order valence-corrected chi connectivity index (χ4v) is 2.32. The summed E-state index contributed by atoms with van der Waals surface area (Å²) in [6.07, 6.45) is 0.440. The van der Waals surface area contributed by atoms with Crippen molar-refractivity contribution in [1.29, 1.82) is 0 Å². The lowest BCUT2D eigenvalue weighted by atomic mass is 10.1. The van der Waals surface area contributed by atoms with Gasteiger partial charge in [0.25, 0.3) is 5.91 Å². The molecule has 0 bridgehead atoms. The van der Waals surface area contributed by atoms with Crippen LogP contribution in [0, 0.1) is 6.92 Å². The van der Waals surface area contributed by atoms with Crippen LogP contribution in [0.15, 0.2) is 31.9 Å². The highest BCUT2D eigenvalue weighted by atomic mass is 79.9. The molecule has 0 aliphatic heterocycles. The number of rotatable bonds is 4. The van der Waals surface area contributed by atoms with Crippen LogP contribution >= 0.6 is 15.9 Å². The molecule has 0 saturated heterocycles. The molecule has 0 saturated carbocycles. The molecule has 0 fully saturated rings. The Bertz CT molecular complexity index is 708. The maximum absolute atomic E-state index is 12.0. The van der Waals surface area contributed by atoms with Crippen LogP contribution in [-0.2, 0) is 0 Å². The van der Waals surface area contributed by atoms with E-state index in [1.54, 1.807) is 25.1 Å². The van der Waals surface area contributed by atoms with Crippen LogP contribution < -0.4 is 10.9 Å². The van der Waals surface area contributed by atoms with Gasteiger partial charge >= 0.3 is 5.63 Å². The molecule has 0 atom stereocenters. The van der Waals surface area contributed by atoms with Crippen molar-refractivity contribution in [3.63, 3.8) is 0 Å². The first-order valence-electron chi connectivity index (χ1n) is 6.16. The van der Waals surface area contributed by atoms with Crippen molar-refractivity contribution >= 4 is 32.8 Å². The summed E-state index contributed by atoms with van der Waals surface area (Å²) in [7, 11) is 0. The Morgan fingerprint density at radius 2 is 2.20 bits per heavy atom. The van der Waals surface area contributed by atoms with Gasteiger partial charge in [-0.25, -0.2) is 4.79 Å². The van der Waals surface area contributed by atoms with Crippen molar-refractivity contribution < 1.29 is 14.3 Å². The molecule has 1 amide bonds. The largest absolute Gasteiger partial charge is 0.422 e. The zero-order chi connectivity index (χ0) is 14.7. The van der Waals surface area contributed by atoms with Crippen molar-refractivity contribution in [3.8, 4) is 0 Å². The monoisotopic (exact) mass is 339 g/mol. The highest BCUT2D eigenvalue weighted by Gasteiger charge is 2.18. The second-order valence-corrected chi connectivity index (χ2v) is 5.28. The van der Waals surface area contributed by atoms with E-state index >= 15 is 0 Å². The number of amides is 1. The number of hydrogen-bond acceptors (Lipinski definition) is 4. The number of carbonyl (C=O) groups is 1. The van der Waals surface area contributed by atoms with Gasteiger partial charge in [0.15, 0.2) is 0 Å². The van der Waals surface area contributed by atoms with Crippen LogP contribution in [0.25, 0.3) is 11.0 Å². The minimum absolute atomic E-state index is 0.00791. The average molecular weight is 340 g/mol. The van der Waals surface area contributed by atoms with E-state index in [4.69, 9.17) is 9.52 Å². The van der Waals surface area contributed by atoms with Gasteiger partial charge in [-0.2, -0.15) is 0 Å². The number of nitrogens with one attached hydrogen (secondary N) is 1. The van der Waals surface area contributed by atoms with Gasteiger partial charge in [0.2, 0.25) is 0 Å². The molecule has 5 nitrogen and oxygen atoms in total. The molecule has 2 N–H and O–H groups in total. The molecule has 1 heterocycles. The van der Waals surface area contributed by atoms with Crippen LogP contribution in [0.2, 0.25) is 0 Å². The third-order valence-electron chi connectivity index (χ3n) is 2.97. The Kier molecular flexibility index (Phi) is 4.57.